The average Bonchev–Trinajstić information content (AvgIpc) is 3.71. The van der Waals surface area contributed by atoms with Crippen LogP contribution in [0.15, 0.2) is 119 Å². The zero-order chi connectivity index (χ0) is 30.9. The smallest absolute Gasteiger partial charge is 1.00 e. The van der Waals surface area contributed by atoms with Crippen molar-refractivity contribution < 1.29 is 87.9 Å². The van der Waals surface area contributed by atoms with Crippen molar-refractivity contribution in [2.45, 2.75) is 9.79 Å². The van der Waals surface area contributed by atoms with Gasteiger partial charge in [0.1, 0.15) is 21.2 Å². The molecule has 16 heteroatoms. The number of nitrogens with zero attached hydrogens (tertiary/aromatic N) is 6. The maximum atomic E-state index is 12.3. The first-order valence-corrected chi connectivity index (χ1v) is 15.8. The molecule has 0 spiro atoms. The van der Waals surface area contributed by atoms with Crippen LogP contribution in [0.25, 0.3) is 46.0 Å². The number of benzene rings is 4. The second-order valence-electron chi connectivity index (χ2n) is 9.50. The van der Waals surface area contributed by atoms with Gasteiger partial charge in [-0.1, -0.05) is 84.9 Å². The van der Waals surface area contributed by atoms with Gasteiger partial charge in [-0.25, -0.2) is 0 Å². The molecule has 12 nitrogen and oxygen atoms in total. The van der Waals surface area contributed by atoms with E-state index in [9.17, 15) is 25.9 Å². The maximum absolute atomic E-state index is 12.3. The zero-order valence-electron chi connectivity index (χ0n) is 26.6. The fraction of sp³-hybridized carbons (Fsp3) is 0. The summed E-state index contributed by atoms with van der Waals surface area (Å²) in [6.45, 7) is 0. The molecule has 2 N–H and O–H groups in total. The van der Waals surface area contributed by atoms with E-state index >= 15 is 0 Å². The second kappa shape index (κ2) is 14.6. The predicted octanol–water partition coefficient (Wildman–Crippen LogP) is -0.921. The Kier molecular flexibility index (Phi) is 11.3. The predicted molar refractivity (Wildman–Crippen MR) is 164 cm³/mol. The Morgan fingerprint density at radius 2 is 0.935 bits per heavy atom. The van der Waals surface area contributed by atoms with Gasteiger partial charge in [-0.3, -0.25) is 9.11 Å². The normalized spacial score (nSPS) is 11.6. The van der Waals surface area contributed by atoms with Crippen LogP contribution in [0.3, 0.4) is 0 Å². The first-order valence-electron chi connectivity index (χ1n) is 12.9. The van der Waals surface area contributed by atoms with Crippen molar-refractivity contribution in [3.8, 4) is 33.9 Å². The molecule has 0 radical (unpaired) electrons. The van der Waals surface area contributed by atoms with Crippen LogP contribution < -0.4 is 59.1 Å². The van der Waals surface area contributed by atoms with Gasteiger partial charge in [-0.15, -0.1) is 10.2 Å². The van der Waals surface area contributed by atoms with Gasteiger partial charge in [-0.2, -0.15) is 36.6 Å². The molecule has 0 bridgehead atoms. The summed E-state index contributed by atoms with van der Waals surface area (Å²) < 4.78 is 69.3. The summed E-state index contributed by atoms with van der Waals surface area (Å²) in [5.74, 6) is 0. The number of hydrogen-bond donors (Lipinski definition) is 2. The van der Waals surface area contributed by atoms with Crippen molar-refractivity contribution in [2.24, 2.45) is 0 Å². The number of rotatable bonds is 8. The second-order valence-corrected chi connectivity index (χ2v) is 12.3. The third kappa shape index (κ3) is 7.98. The van der Waals surface area contributed by atoms with Gasteiger partial charge in [0.2, 0.25) is 0 Å². The molecule has 0 amide bonds. The molecule has 4 aromatic carbocycles. The summed E-state index contributed by atoms with van der Waals surface area (Å²) in [6.07, 6.45) is 5.67. The zero-order valence-corrected chi connectivity index (χ0v) is 30.2. The molecule has 46 heavy (non-hydrogen) atoms. The van der Waals surface area contributed by atoms with E-state index in [-0.39, 0.29) is 84.5 Å². The van der Waals surface area contributed by atoms with E-state index in [0.29, 0.717) is 11.4 Å². The monoisotopic (exact) mass is 674 g/mol. The Morgan fingerprint density at radius 1 is 0.565 bits per heavy atom. The van der Waals surface area contributed by atoms with Crippen molar-refractivity contribution in [1.29, 1.82) is 0 Å². The quantitative estimate of drug-likeness (QED) is 0.117. The van der Waals surface area contributed by atoms with E-state index in [1.165, 1.54) is 58.4 Å². The van der Waals surface area contributed by atoms with Crippen LogP contribution >= 0.6 is 0 Å². The van der Waals surface area contributed by atoms with E-state index in [1.807, 2.05) is 60.7 Å². The van der Waals surface area contributed by atoms with Gasteiger partial charge in [-0.05, 0) is 35.4 Å². The number of aromatic nitrogens is 6. The Hall–Kier alpha value is -3.28. The van der Waals surface area contributed by atoms with Gasteiger partial charge < -0.3 is 2.85 Å². The first kappa shape index (κ1) is 35.6. The summed E-state index contributed by atoms with van der Waals surface area (Å²) in [5, 5.41) is 17.2. The third-order valence-corrected chi connectivity index (χ3v) is 8.40. The summed E-state index contributed by atoms with van der Waals surface area (Å²) >= 11 is 0. The Morgan fingerprint density at radius 3 is 1.28 bits per heavy atom. The molecule has 0 saturated carbocycles. The van der Waals surface area contributed by atoms with Crippen LogP contribution in [-0.4, -0.2) is 55.9 Å². The molecule has 0 unspecified atom stereocenters. The maximum Gasteiger partial charge on any atom is 1.00 e. The third-order valence-electron chi connectivity index (χ3n) is 6.58. The van der Waals surface area contributed by atoms with Crippen molar-refractivity contribution >= 4 is 32.4 Å². The Labute approximate surface area is 311 Å². The van der Waals surface area contributed by atoms with Crippen LogP contribution in [0.5, 0.6) is 0 Å². The molecular formula is C30H24N6Na2O6S2. The van der Waals surface area contributed by atoms with Crippen LogP contribution in [-0.2, 0) is 20.2 Å². The van der Waals surface area contributed by atoms with Crippen LogP contribution in [0.1, 0.15) is 14.0 Å². The molecule has 2 heterocycles. The van der Waals surface area contributed by atoms with Crippen LogP contribution in [0, 0.1) is 0 Å². The first-order chi connectivity index (χ1) is 21.1. The minimum Gasteiger partial charge on any atom is -1.00 e. The van der Waals surface area contributed by atoms with Gasteiger partial charge in [0.15, 0.2) is 0 Å². The summed E-state index contributed by atoms with van der Waals surface area (Å²) in [5.41, 5.74) is 3.39. The Balaban J connectivity index is 0.00000200. The fourth-order valence-electron chi connectivity index (χ4n) is 4.45. The molecule has 6 aromatic rings. The molecule has 0 saturated heterocycles. The van der Waals surface area contributed by atoms with Crippen molar-refractivity contribution in [3.05, 3.63) is 121 Å². The van der Waals surface area contributed by atoms with Crippen molar-refractivity contribution in [1.82, 2.24) is 30.0 Å². The molecule has 224 valence electrons. The minimum absolute atomic E-state index is 0. The standard InChI is InChI=1S/C30H22N6O6S2.2Na.2H/c37-43(38,39)29-17-25(35-31-19-27(33-35)21-7-3-1-4-8-21)15-13-23(29)11-12-24-14-16-26(18-30(24)44(40,41)42)36-32-20-28(34-36)22-9-5-2-6-10-22;;;;/h1-20H,(H,37,38,39)(H,40,41,42);;;;/q;2*+1;2*-1/b12-11+;;;;. The summed E-state index contributed by atoms with van der Waals surface area (Å²) in [4.78, 5) is 1.55. The molecule has 0 aliphatic heterocycles. The van der Waals surface area contributed by atoms with Crippen molar-refractivity contribution in [3.63, 3.8) is 0 Å². The van der Waals surface area contributed by atoms with E-state index in [2.05, 4.69) is 20.4 Å². The van der Waals surface area contributed by atoms with E-state index in [4.69, 9.17) is 0 Å². The SMILES string of the molecule is O=S(=O)(O)c1cc(-n2ncc(-c3ccccc3)n2)ccc1/C=C/c1ccc(-n2ncc(-c3ccccc3)n2)cc1S(=O)(=O)O.[H-].[H-].[Na+].[Na+]. The molecular weight excluding hydrogens is 650 g/mol. The average molecular weight is 675 g/mol. The number of hydrogen-bond acceptors (Lipinski definition) is 8. The van der Waals surface area contributed by atoms with E-state index in [1.54, 1.807) is 12.1 Å². The Bertz CT molecular complexity index is 2090. The molecule has 0 aliphatic rings. The van der Waals surface area contributed by atoms with Crippen molar-refractivity contribution in [2.75, 3.05) is 0 Å². The largest absolute Gasteiger partial charge is 1.00 e. The fourth-order valence-corrected chi connectivity index (χ4v) is 5.86. The van der Waals surface area contributed by atoms with Gasteiger partial charge in [0, 0.05) is 11.1 Å². The molecule has 0 fully saturated rings. The van der Waals surface area contributed by atoms with Gasteiger partial charge in [0.25, 0.3) is 20.2 Å². The summed E-state index contributed by atoms with van der Waals surface area (Å²) in [6, 6.07) is 26.9. The summed E-state index contributed by atoms with van der Waals surface area (Å²) in [7, 11) is -9.45. The van der Waals surface area contributed by atoms with E-state index < -0.39 is 30.0 Å². The molecule has 2 aromatic heterocycles. The topological polar surface area (TPSA) is 170 Å². The van der Waals surface area contributed by atoms with Gasteiger partial charge >= 0.3 is 59.1 Å². The van der Waals surface area contributed by atoms with Crippen LogP contribution in [0.4, 0.5) is 0 Å². The van der Waals surface area contributed by atoms with Gasteiger partial charge in [0.05, 0.1) is 23.8 Å². The molecule has 0 aliphatic carbocycles. The molecule has 6 rings (SSSR count). The molecule has 0 atom stereocenters. The van der Waals surface area contributed by atoms with Crippen LogP contribution in [0.2, 0.25) is 0 Å². The minimum atomic E-state index is -4.72. The van der Waals surface area contributed by atoms with E-state index in [0.717, 1.165) is 11.1 Å².